The second-order valence-corrected chi connectivity index (χ2v) is 3.78. The fourth-order valence-corrected chi connectivity index (χ4v) is 1.73. The van der Waals surface area contributed by atoms with Crippen LogP contribution in [0.15, 0.2) is 30.3 Å². The molecular formula is C12H16N2O2. The number of hydrogen-bond donors (Lipinski definition) is 1. The van der Waals surface area contributed by atoms with Crippen molar-refractivity contribution >= 4 is 6.03 Å². The average Bonchev–Trinajstić information content (AvgIpc) is 2.84. The summed E-state index contributed by atoms with van der Waals surface area (Å²) in [4.78, 5) is 13.4. The molecule has 0 saturated carbocycles. The standard InChI is InChI=1S/C12H16N2O2/c15-12(14-8-4-5-9-14)13-10-16-11-6-2-1-3-7-11/h1-3,6-7H,4-5,8-10H2,(H,13,15). The molecule has 16 heavy (non-hydrogen) atoms. The number of likely N-dealkylation sites (tertiary alicyclic amines) is 1. The SMILES string of the molecule is O=C(NCOc1ccccc1)N1CCCC1. The van der Waals surface area contributed by atoms with Crippen molar-refractivity contribution in [3.8, 4) is 5.75 Å². The van der Waals surface area contributed by atoms with Crippen molar-refractivity contribution < 1.29 is 9.53 Å². The minimum absolute atomic E-state index is 0.0339. The minimum atomic E-state index is -0.0339. The van der Waals surface area contributed by atoms with Gasteiger partial charge in [0.1, 0.15) is 5.75 Å². The first-order valence-electron chi connectivity index (χ1n) is 5.57. The number of amides is 2. The Bertz CT molecular complexity index is 334. The van der Waals surface area contributed by atoms with Gasteiger partial charge in [-0.2, -0.15) is 0 Å². The Labute approximate surface area is 95.2 Å². The second-order valence-electron chi connectivity index (χ2n) is 3.78. The Balaban J connectivity index is 1.70. The van der Waals surface area contributed by atoms with Gasteiger partial charge in [-0.25, -0.2) is 4.79 Å². The molecule has 4 nitrogen and oxygen atoms in total. The second kappa shape index (κ2) is 5.39. The fourth-order valence-electron chi connectivity index (χ4n) is 1.73. The van der Waals surface area contributed by atoms with Crippen LogP contribution in [0.2, 0.25) is 0 Å². The lowest BCUT2D eigenvalue weighted by molar-refractivity contribution is 0.194. The van der Waals surface area contributed by atoms with Gasteiger partial charge in [0.05, 0.1) is 0 Å². The van der Waals surface area contributed by atoms with E-state index < -0.39 is 0 Å². The normalized spacial score (nSPS) is 14.9. The highest BCUT2D eigenvalue weighted by Gasteiger charge is 2.16. The smallest absolute Gasteiger partial charge is 0.320 e. The predicted octanol–water partition coefficient (Wildman–Crippen LogP) is 1.83. The van der Waals surface area contributed by atoms with Crippen molar-refractivity contribution in [3.05, 3.63) is 30.3 Å². The van der Waals surface area contributed by atoms with Crippen LogP contribution in [0.4, 0.5) is 4.79 Å². The fraction of sp³-hybridized carbons (Fsp3) is 0.417. The first-order chi connectivity index (χ1) is 7.86. The van der Waals surface area contributed by atoms with Gasteiger partial charge in [-0.05, 0) is 25.0 Å². The first kappa shape index (κ1) is 10.8. The lowest BCUT2D eigenvalue weighted by Gasteiger charge is -2.16. The zero-order valence-corrected chi connectivity index (χ0v) is 9.19. The van der Waals surface area contributed by atoms with E-state index >= 15 is 0 Å². The highest BCUT2D eigenvalue weighted by molar-refractivity contribution is 5.74. The summed E-state index contributed by atoms with van der Waals surface area (Å²) in [6.45, 7) is 1.94. The van der Waals surface area contributed by atoms with Crippen molar-refractivity contribution in [1.29, 1.82) is 0 Å². The molecule has 0 atom stereocenters. The number of carbonyl (C=O) groups excluding carboxylic acids is 1. The van der Waals surface area contributed by atoms with Gasteiger partial charge in [0, 0.05) is 13.1 Å². The topological polar surface area (TPSA) is 41.6 Å². The molecule has 1 fully saturated rings. The summed E-state index contributed by atoms with van der Waals surface area (Å²) >= 11 is 0. The third-order valence-corrected chi connectivity index (χ3v) is 2.60. The number of rotatable bonds is 3. The quantitative estimate of drug-likeness (QED) is 0.789. The van der Waals surface area contributed by atoms with E-state index in [4.69, 9.17) is 4.74 Å². The summed E-state index contributed by atoms with van der Waals surface area (Å²) in [5, 5.41) is 2.74. The number of benzene rings is 1. The number of hydrogen-bond acceptors (Lipinski definition) is 2. The van der Waals surface area contributed by atoms with Crippen molar-refractivity contribution in [1.82, 2.24) is 10.2 Å². The molecule has 2 rings (SSSR count). The van der Waals surface area contributed by atoms with Gasteiger partial charge in [0.25, 0.3) is 0 Å². The van der Waals surface area contributed by atoms with Gasteiger partial charge in [0.2, 0.25) is 0 Å². The van der Waals surface area contributed by atoms with Gasteiger partial charge in [0.15, 0.2) is 6.73 Å². The summed E-state index contributed by atoms with van der Waals surface area (Å²) in [6.07, 6.45) is 2.21. The van der Waals surface area contributed by atoms with Gasteiger partial charge in [-0.15, -0.1) is 0 Å². The summed E-state index contributed by atoms with van der Waals surface area (Å²) in [7, 11) is 0. The van der Waals surface area contributed by atoms with Gasteiger partial charge in [-0.3, -0.25) is 0 Å². The summed E-state index contributed by atoms with van der Waals surface area (Å²) in [5.74, 6) is 0.768. The molecular weight excluding hydrogens is 204 g/mol. The highest BCUT2D eigenvalue weighted by Crippen LogP contribution is 2.08. The molecule has 0 bridgehead atoms. The van der Waals surface area contributed by atoms with E-state index in [1.807, 2.05) is 35.2 Å². The molecule has 1 N–H and O–H groups in total. The van der Waals surface area contributed by atoms with Crippen molar-refractivity contribution in [2.45, 2.75) is 12.8 Å². The van der Waals surface area contributed by atoms with Crippen LogP contribution in [-0.4, -0.2) is 30.8 Å². The summed E-state index contributed by atoms with van der Waals surface area (Å²) in [6, 6.07) is 9.42. The molecule has 1 aromatic rings. The maximum absolute atomic E-state index is 11.6. The summed E-state index contributed by atoms with van der Waals surface area (Å²) in [5.41, 5.74) is 0. The van der Waals surface area contributed by atoms with Crippen LogP contribution in [0.3, 0.4) is 0 Å². The largest absolute Gasteiger partial charge is 0.473 e. The molecule has 0 spiro atoms. The van der Waals surface area contributed by atoms with Crippen LogP contribution in [0, 0.1) is 0 Å². The molecule has 4 heteroatoms. The zero-order chi connectivity index (χ0) is 11.2. The Kier molecular flexibility index (Phi) is 3.64. The molecule has 0 radical (unpaired) electrons. The number of carbonyl (C=O) groups is 1. The molecule has 1 heterocycles. The van der Waals surface area contributed by atoms with E-state index in [1.54, 1.807) is 0 Å². The molecule has 0 unspecified atom stereocenters. The molecule has 1 aromatic carbocycles. The lowest BCUT2D eigenvalue weighted by atomic mass is 10.3. The van der Waals surface area contributed by atoms with E-state index in [-0.39, 0.29) is 12.8 Å². The van der Waals surface area contributed by atoms with Gasteiger partial charge < -0.3 is 15.0 Å². The number of urea groups is 1. The van der Waals surface area contributed by atoms with Crippen LogP contribution in [0.5, 0.6) is 5.75 Å². The summed E-state index contributed by atoms with van der Waals surface area (Å²) < 4.78 is 5.38. The predicted molar refractivity (Wildman–Crippen MR) is 61.3 cm³/mol. The van der Waals surface area contributed by atoms with E-state index in [2.05, 4.69) is 5.32 Å². The molecule has 0 aromatic heterocycles. The molecule has 0 aliphatic carbocycles. The van der Waals surface area contributed by atoms with Crippen molar-refractivity contribution in [2.24, 2.45) is 0 Å². The van der Waals surface area contributed by atoms with Crippen LogP contribution in [0.1, 0.15) is 12.8 Å². The van der Waals surface area contributed by atoms with Crippen molar-refractivity contribution in [2.75, 3.05) is 19.8 Å². The third-order valence-electron chi connectivity index (χ3n) is 2.60. The third kappa shape index (κ3) is 2.89. The molecule has 86 valence electrons. The number of ether oxygens (including phenoxy) is 1. The van der Waals surface area contributed by atoms with E-state index in [0.717, 1.165) is 31.7 Å². The number of nitrogens with one attached hydrogen (secondary N) is 1. The molecule has 1 aliphatic heterocycles. The van der Waals surface area contributed by atoms with E-state index in [1.165, 1.54) is 0 Å². The van der Waals surface area contributed by atoms with Crippen molar-refractivity contribution in [3.63, 3.8) is 0 Å². The zero-order valence-electron chi connectivity index (χ0n) is 9.19. The Morgan fingerprint density at radius 1 is 1.25 bits per heavy atom. The minimum Gasteiger partial charge on any atom is -0.473 e. The van der Waals surface area contributed by atoms with Crippen LogP contribution in [-0.2, 0) is 0 Å². The molecule has 2 amide bonds. The Morgan fingerprint density at radius 3 is 2.62 bits per heavy atom. The Hall–Kier alpha value is -1.71. The number of nitrogens with zero attached hydrogens (tertiary/aromatic N) is 1. The van der Waals surface area contributed by atoms with Crippen LogP contribution in [0.25, 0.3) is 0 Å². The van der Waals surface area contributed by atoms with Crippen LogP contribution < -0.4 is 10.1 Å². The number of para-hydroxylation sites is 1. The first-order valence-corrected chi connectivity index (χ1v) is 5.57. The van der Waals surface area contributed by atoms with E-state index in [0.29, 0.717) is 0 Å². The average molecular weight is 220 g/mol. The maximum Gasteiger partial charge on any atom is 0.320 e. The lowest BCUT2D eigenvalue weighted by Crippen LogP contribution is -2.39. The molecule has 1 saturated heterocycles. The highest BCUT2D eigenvalue weighted by atomic mass is 16.5. The maximum atomic E-state index is 11.6. The molecule has 1 aliphatic rings. The monoisotopic (exact) mass is 220 g/mol. The van der Waals surface area contributed by atoms with Gasteiger partial charge in [-0.1, -0.05) is 18.2 Å². The van der Waals surface area contributed by atoms with E-state index in [9.17, 15) is 4.79 Å². The van der Waals surface area contributed by atoms with Gasteiger partial charge >= 0.3 is 6.03 Å². The van der Waals surface area contributed by atoms with Crippen LogP contribution >= 0.6 is 0 Å². The Morgan fingerprint density at radius 2 is 1.94 bits per heavy atom.